The molecule has 0 fully saturated rings. The van der Waals surface area contributed by atoms with Gasteiger partial charge in [-0.15, -0.1) is 5.73 Å². The fraction of sp³-hybridized carbons (Fsp3) is 0. The van der Waals surface area contributed by atoms with Gasteiger partial charge in [0.1, 0.15) is 0 Å². The molecule has 1 heteroatoms. The molecule has 0 aromatic heterocycles. The molecule has 1 rings (SSSR count). The molecular weight excluding hydrogens is 98.1 g/mol. The second-order valence-corrected chi connectivity index (χ2v) is 1.53. The summed E-state index contributed by atoms with van der Waals surface area (Å²) in [4.78, 5) is 0. The quantitative estimate of drug-likeness (QED) is 0.459. The summed E-state index contributed by atoms with van der Waals surface area (Å²) in [6.45, 7) is 0. The van der Waals surface area contributed by atoms with Crippen LogP contribution in [-0.4, -0.2) is 0 Å². The van der Waals surface area contributed by atoms with Crippen LogP contribution in [0.15, 0.2) is 41.8 Å². The van der Waals surface area contributed by atoms with Gasteiger partial charge in [-0.05, 0) is 12.2 Å². The van der Waals surface area contributed by atoms with Gasteiger partial charge in [0, 0.05) is 11.8 Å². The molecule has 0 amide bonds. The van der Waals surface area contributed by atoms with Crippen molar-refractivity contribution in [2.45, 2.75) is 0 Å². The van der Waals surface area contributed by atoms with Crippen LogP contribution in [0.5, 0.6) is 0 Å². The summed E-state index contributed by atoms with van der Waals surface area (Å²) >= 11 is 0. The lowest BCUT2D eigenvalue weighted by Gasteiger charge is -1.80. The normalized spacial score (nSPS) is 15.8. The summed E-state index contributed by atoms with van der Waals surface area (Å²) in [6.07, 6.45) is 9.15. The number of nitrogens with two attached hydrogens (primary N) is 1. The predicted molar refractivity (Wildman–Crippen MR) is 34.1 cm³/mol. The average molecular weight is 105 g/mol. The molecule has 0 aromatic rings. The van der Waals surface area contributed by atoms with Crippen molar-refractivity contribution in [2.24, 2.45) is 5.73 Å². The van der Waals surface area contributed by atoms with Gasteiger partial charge in [0.25, 0.3) is 0 Å². The number of allylic oxidation sites excluding steroid dienone is 4. The van der Waals surface area contributed by atoms with Gasteiger partial charge in [-0.2, -0.15) is 0 Å². The van der Waals surface area contributed by atoms with Crippen LogP contribution in [-0.2, 0) is 0 Å². The summed E-state index contributed by atoms with van der Waals surface area (Å²) in [5.41, 5.74) is 9.02. The average Bonchev–Trinajstić information content (AvgIpc) is 1.94. The van der Waals surface area contributed by atoms with Crippen molar-refractivity contribution in [3.8, 4) is 0 Å². The van der Waals surface area contributed by atoms with Crippen LogP contribution >= 0.6 is 0 Å². The first-order chi connectivity index (χ1) is 3.89. The fourth-order valence-corrected chi connectivity index (χ4v) is 0.470. The highest BCUT2D eigenvalue weighted by molar-refractivity contribution is 5.26. The first kappa shape index (κ1) is 4.95. The lowest BCUT2D eigenvalue weighted by molar-refractivity contribution is 1.43. The molecule has 0 unspecified atom stereocenters. The molecule has 1 aliphatic rings. The van der Waals surface area contributed by atoms with E-state index in [1.807, 2.05) is 24.3 Å². The molecule has 1 aliphatic carbocycles. The molecule has 0 atom stereocenters. The number of hydrogen-bond donors (Lipinski definition) is 1. The Kier molecular flexibility index (Phi) is 1.36. The van der Waals surface area contributed by atoms with Crippen molar-refractivity contribution in [1.29, 1.82) is 0 Å². The molecule has 0 aromatic carbocycles. The number of hydrogen-bond acceptors (Lipinski definition) is 1. The third kappa shape index (κ3) is 1.14. The third-order valence-electron chi connectivity index (χ3n) is 0.842. The van der Waals surface area contributed by atoms with Crippen molar-refractivity contribution in [3.63, 3.8) is 0 Å². The van der Waals surface area contributed by atoms with Gasteiger partial charge in [0.15, 0.2) is 0 Å². The summed E-state index contributed by atoms with van der Waals surface area (Å²) < 4.78 is 0. The Balaban J connectivity index is 2.94. The standard InChI is InChI=1S/C7H7N/c8-7-5-3-1-2-4-6-7/h1-3,5-6H,8H2. The van der Waals surface area contributed by atoms with E-state index in [-0.39, 0.29) is 0 Å². The van der Waals surface area contributed by atoms with E-state index in [2.05, 4.69) is 5.73 Å². The maximum Gasteiger partial charge on any atom is 0.0392 e. The molecule has 0 aliphatic heterocycles. The molecule has 0 bridgehead atoms. The van der Waals surface area contributed by atoms with Crippen LogP contribution in [0, 0.1) is 0 Å². The van der Waals surface area contributed by atoms with E-state index in [0.29, 0.717) is 0 Å². The summed E-state index contributed by atoms with van der Waals surface area (Å²) in [6, 6.07) is 0. The maximum absolute atomic E-state index is 5.41. The minimum Gasteiger partial charge on any atom is -0.398 e. The Morgan fingerprint density at radius 1 is 1.38 bits per heavy atom. The third-order valence-corrected chi connectivity index (χ3v) is 0.842. The van der Waals surface area contributed by atoms with Gasteiger partial charge in [0.2, 0.25) is 0 Å². The zero-order valence-electron chi connectivity index (χ0n) is 4.46. The van der Waals surface area contributed by atoms with Gasteiger partial charge in [-0.3, -0.25) is 0 Å². The number of rotatable bonds is 0. The van der Waals surface area contributed by atoms with Gasteiger partial charge in [-0.25, -0.2) is 0 Å². The lowest BCUT2D eigenvalue weighted by Crippen LogP contribution is -1.89. The van der Waals surface area contributed by atoms with Crippen molar-refractivity contribution >= 4 is 0 Å². The second kappa shape index (κ2) is 2.20. The molecule has 1 nitrogen and oxygen atoms in total. The van der Waals surface area contributed by atoms with E-state index >= 15 is 0 Å². The first-order valence-electron chi connectivity index (χ1n) is 2.44. The van der Waals surface area contributed by atoms with Crippen LogP contribution in [0.2, 0.25) is 0 Å². The van der Waals surface area contributed by atoms with Crippen LogP contribution in [0.4, 0.5) is 0 Å². The molecule has 0 saturated carbocycles. The second-order valence-electron chi connectivity index (χ2n) is 1.53. The first-order valence-corrected chi connectivity index (χ1v) is 2.44. The van der Waals surface area contributed by atoms with Crippen molar-refractivity contribution in [1.82, 2.24) is 0 Å². The van der Waals surface area contributed by atoms with Gasteiger partial charge in [-0.1, -0.05) is 12.2 Å². The molecule has 40 valence electrons. The Morgan fingerprint density at radius 2 is 2.25 bits per heavy atom. The minimum absolute atomic E-state index is 0.745. The minimum atomic E-state index is 0.745. The summed E-state index contributed by atoms with van der Waals surface area (Å²) in [5.74, 6) is 0. The van der Waals surface area contributed by atoms with Crippen LogP contribution in [0.25, 0.3) is 0 Å². The van der Waals surface area contributed by atoms with Crippen molar-refractivity contribution in [3.05, 3.63) is 41.8 Å². The predicted octanol–water partition coefficient (Wildman–Crippen LogP) is 1.11. The molecule has 0 spiro atoms. The SMILES string of the molecule is NC1=CC=CC=C=C1. The van der Waals surface area contributed by atoms with Crippen LogP contribution < -0.4 is 5.73 Å². The van der Waals surface area contributed by atoms with E-state index in [1.165, 1.54) is 0 Å². The maximum atomic E-state index is 5.41. The van der Waals surface area contributed by atoms with E-state index in [9.17, 15) is 0 Å². The van der Waals surface area contributed by atoms with Crippen molar-refractivity contribution in [2.75, 3.05) is 0 Å². The van der Waals surface area contributed by atoms with E-state index in [4.69, 9.17) is 5.73 Å². The Morgan fingerprint density at radius 3 is 3.12 bits per heavy atom. The Bertz CT molecular complexity index is 190. The summed E-state index contributed by atoms with van der Waals surface area (Å²) in [7, 11) is 0. The zero-order valence-corrected chi connectivity index (χ0v) is 4.46. The van der Waals surface area contributed by atoms with Gasteiger partial charge >= 0.3 is 0 Å². The highest BCUT2D eigenvalue weighted by Gasteiger charge is 1.76. The fourth-order valence-electron chi connectivity index (χ4n) is 0.470. The van der Waals surface area contributed by atoms with Gasteiger partial charge in [0.05, 0.1) is 0 Å². The highest BCUT2D eigenvalue weighted by atomic mass is 14.5. The monoisotopic (exact) mass is 105 g/mol. The summed E-state index contributed by atoms with van der Waals surface area (Å²) in [5, 5.41) is 0. The molecule has 8 heavy (non-hydrogen) atoms. The smallest absolute Gasteiger partial charge is 0.0392 e. The van der Waals surface area contributed by atoms with E-state index in [0.717, 1.165) is 5.70 Å². The van der Waals surface area contributed by atoms with E-state index in [1.54, 1.807) is 6.08 Å². The van der Waals surface area contributed by atoms with Crippen molar-refractivity contribution < 1.29 is 0 Å². The lowest BCUT2D eigenvalue weighted by atomic mass is 10.4. The van der Waals surface area contributed by atoms with E-state index < -0.39 is 0 Å². The zero-order chi connectivity index (χ0) is 5.82. The topological polar surface area (TPSA) is 26.0 Å². The van der Waals surface area contributed by atoms with Crippen LogP contribution in [0.3, 0.4) is 0 Å². The molecular formula is C7H7N. The molecule has 0 radical (unpaired) electrons. The highest BCUT2D eigenvalue weighted by Crippen LogP contribution is 1.90. The Labute approximate surface area is 48.5 Å². The van der Waals surface area contributed by atoms with Crippen LogP contribution in [0.1, 0.15) is 0 Å². The Hall–Kier alpha value is -1.20. The molecule has 0 saturated heterocycles. The van der Waals surface area contributed by atoms with Gasteiger partial charge < -0.3 is 5.73 Å². The molecule has 0 heterocycles. The largest absolute Gasteiger partial charge is 0.398 e. The molecule has 2 N–H and O–H groups in total.